The molecule has 5 heteroatoms. The van der Waals surface area contributed by atoms with E-state index < -0.39 is 0 Å². The quantitative estimate of drug-likeness (QED) is 0.775. The molecule has 1 aliphatic heterocycles. The van der Waals surface area contributed by atoms with Crippen molar-refractivity contribution in [3.8, 4) is 0 Å². The fraction of sp³-hybridized carbons (Fsp3) is 0.222. The van der Waals surface area contributed by atoms with Gasteiger partial charge in [0.1, 0.15) is 6.61 Å². The van der Waals surface area contributed by atoms with Crippen LogP contribution in [0.1, 0.15) is 30.0 Å². The number of ether oxygens (including phenoxy) is 1. The summed E-state index contributed by atoms with van der Waals surface area (Å²) in [6, 6.07) is 16.9. The van der Waals surface area contributed by atoms with E-state index in [1.54, 1.807) is 17.0 Å². The number of halogens is 1. The standard InChI is InChI=1S/C18H16ClNO2S/c1-12(13-7-9-15(19)10-8-13)17(21)20-16(11-22-18(20)23)14-5-3-2-4-6-14/h2-10,12,16H,11H2,1H3/t12-,16-/m1/s1. The molecule has 0 aliphatic carbocycles. The van der Waals surface area contributed by atoms with Crippen molar-refractivity contribution in [2.24, 2.45) is 0 Å². The highest BCUT2D eigenvalue weighted by molar-refractivity contribution is 7.80. The molecule has 2 atom stereocenters. The van der Waals surface area contributed by atoms with Crippen LogP contribution in [0.25, 0.3) is 0 Å². The highest BCUT2D eigenvalue weighted by Gasteiger charge is 2.38. The molecule has 2 aromatic rings. The molecule has 2 aromatic carbocycles. The van der Waals surface area contributed by atoms with Crippen LogP contribution in [-0.4, -0.2) is 22.6 Å². The third-order valence-electron chi connectivity index (χ3n) is 4.04. The fourth-order valence-corrected chi connectivity index (χ4v) is 3.10. The summed E-state index contributed by atoms with van der Waals surface area (Å²) in [5, 5.41) is 0.889. The highest BCUT2D eigenvalue weighted by atomic mass is 35.5. The molecular weight excluding hydrogens is 330 g/mol. The van der Waals surface area contributed by atoms with Crippen LogP contribution in [0.5, 0.6) is 0 Å². The summed E-state index contributed by atoms with van der Waals surface area (Å²) in [5.41, 5.74) is 1.92. The summed E-state index contributed by atoms with van der Waals surface area (Å²) in [5.74, 6) is -0.387. The average Bonchev–Trinajstić information content (AvgIpc) is 2.96. The van der Waals surface area contributed by atoms with E-state index in [9.17, 15) is 4.79 Å². The molecule has 1 aliphatic rings. The minimum absolute atomic E-state index is 0.0660. The zero-order chi connectivity index (χ0) is 16.4. The molecule has 1 saturated heterocycles. The second-order valence-corrected chi connectivity index (χ2v) is 6.27. The molecule has 0 saturated carbocycles. The summed E-state index contributed by atoms with van der Waals surface area (Å²) in [7, 11) is 0. The third kappa shape index (κ3) is 3.23. The Bertz CT molecular complexity index is 718. The fourth-order valence-electron chi connectivity index (χ4n) is 2.69. The van der Waals surface area contributed by atoms with E-state index in [-0.39, 0.29) is 23.0 Å². The zero-order valence-electron chi connectivity index (χ0n) is 12.6. The Labute approximate surface area is 145 Å². The topological polar surface area (TPSA) is 29.5 Å². The summed E-state index contributed by atoms with van der Waals surface area (Å²) < 4.78 is 5.47. The smallest absolute Gasteiger partial charge is 0.266 e. The molecule has 1 fully saturated rings. The summed E-state index contributed by atoms with van der Waals surface area (Å²) in [6.45, 7) is 2.26. The van der Waals surface area contributed by atoms with Crippen molar-refractivity contribution in [3.63, 3.8) is 0 Å². The second kappa shape index (κ2) is 6.69. The van der Waals surface area contributed by atoms with Crippen molar-refractivity contribution in [1.82, 2.24) is 4.90 Å². The minimum Gasteiger partial charge on any atom is -0.468 e. The van der Waals surface area contributed by atoms with Crippen LogP contribution in [0, 0.1) is 0 Å². The average molecular weight is 346 g/mol. The maximum atomic E-state index is 13.0. The molecular formula is C18H16ClNO2S. The summed E-state index contributed by atoms with van der Waals surface area (Å²) in [4.78, 5) is 14.5. The number of carbonyl (C=O) groups excluding carboxylic acids is 1. The first kappa shape index (κ1) is 16.0. The van der Waals surface area contributed by atoms with Crippen molar-refractivity contribution in [2.75, 3.05) is 6.61 Å². The first-order chi connectivity index (χ1) is 11.1. The predicted molar refractivity (Wildman–Crippen MR) is 94.4 cm³/mol. The Morgan fingerprint density at radius 1 is 1.22 bits per heavy atom. The van der Waals surface area contributed by atoms with E-state index in [0.29, 0.717) is 11.6 Å². The normalized spacial score (nSPS) is 18.6. The summed E-state index contributed by atoms with van der Waals surface area (Å²) >= 11 is 11.2. The third-order valence-corrected chi connectivity index (χ3v) is 4.60. The van der Waals surface area contributed by atoms with E-state index in [2.05, 4.69) is 0 Å². The Morgan fingerprint density at radius 3 is 2.52 bits per heavy atom. The number of hydrogen-bond acceptors (Lipinski definition) is 3. The number of nitrogens with zero attached hydrogens (tertiary/aromatic N) is 1. The van der Waals surface area contributed by atoms with Gasteiger partial charge in [0, 0.05) is 5.02 Å². The lowest BCUT2D eigenvalue weighted by molar-refractivity contribution is -0.129. The summed E-state index contributed by atoms with van der Waals surface area (Å²) in [6.07, 6.45) is 0. The van der Waals surface area contributed by atoms with Gasteiger partial charge in [-0.1, -0.05) is 54.1 Å². The van der Waals surface area contributed by atoms with Gasteiger partial charge in [-0.25, -0.2) is 0 Å². The van der Waals surface area contributed by atoms with Gasteiger partial charge in [0.25, 0.3) is 5.17 Å². The van der Waals surface area contributed by atoms with Crippen LogP contribution in [-0.2, 0) is 9.53 Å². The van der Waals surface area contributed by atoms with Crippen LogP contribution in [0.2, 0.25) is 5.02 Å². The first-order valence-corrected chi connectivity index (χ1v) is 8.17. The number of hydrogen-bond donors (Lipinski definition) is 0. The van der Waals surface area contributed by atoms with Gasteiger partial charge < -0.3 is 4.74 Å². The van der Waals surface area contributed by atoms with Gasteiger partial charge in [-0.05, 0) is 42.4 Å². The van der Waals surface area contributed by atoms with E-state index in [1.165, 1.54) is 0 Å². The predicted octanol–water partition coefficient (Wildman–Crippen LogP) is 4.33. The molecule has 118 valence electrons. The van der Waals surface area contributed by atoms with Gasteiger partial charge in [-0.3, -0.25) is 9.69 Å². The Morgan fingerprint density at radius 2 is 1.87 bits per heavy atom. The second-order valence-electron chi connectivity index (χ2n) is 5.48. The van der Waals surface area contributed by atoms with Crippen LogP contribution < -0.4 is 0 Å². The number of amides is 1. The van der Waals surface area contributed by atoms with E-state index >= 15 is 0 Å². The molecule has 0 radical (unpaired) electrons. The van der Waals surface area contributed by atoms with E-state index in [0.717, 1.165) is 11.1 Å². The molecule has 0 spiro atoms. The molecule has 0 unspecified atom stereocenters. The Hall–Kier alpha value is -1.91. The molecule has 0 aromatic heterocycles. The maximum absolute atomic E-state index is 13.0. The van der Waals surface area contributed by atoms with Gasteiger partial charge in [-0.15, -0.1) is 0 Å². The van der Waals surface area contributed by atoms with Gasteiger partial charge in [0.05, 0.1) is 12.0 Å². The Balaban J connectivity index is 1.87. The largest absolute Gasteiger partial charge is 0.468 e. The SMILES string of the molecule is C[C@@H](C(=O)N1C(=S)OC[C@@H]1c1ccccc1)c1ccc(Cl)cc1. The van der Waals surface area contributed by atoms with E-state index in [1.807, 2.05) is 49.4 Å². The zero-order valence-corrected chi connectivity index (χ0v) is 14.2. The number of rotatable bonds is 3. The van der Waals surface area contributed by atoms with Crippen molar-refractivity contribution >= 4 is 34.9 Å². The lowest BCUT2D eigenvalue weighted by Gasteiger charge is -2.25. The highest BCUT2D eigenvalue weighted by Crippen LogP contribution is 2.31. The molecule has 23 heavy (non-hydrogen) atoms. The monoisotopic (exact) mass is 345 g/mol. The number of benzene rings is 2. The van der Waals surface area contributed by atoms with Gasteiger partial charge in [-0.2, -0.15) is 0 Å². The van der Waals surface area contributed by atoms with Crippen molar-refractivity contribution in [2.45, 2.75) is 18.9 Å². The minimum atomic E-state index is -0.321. The maximum Gasteiger partial charge on any atom is 0.266 e. The van der Waals surface area contributed by atoms with E-state index in [4.69, 9.17) is 28.6 Å². The van der Waals surface area contributed by atoms with Crippen molar-refractivity contribution in [3.05, 3.63) is 70.7 Å². The molecule has 1 amide bonds. The van der Waals surface area contributed by atoms with Crippen LogP contribution in [0.15, 0.2) is 54.6 Å². The lowest BCUT2D eigenvalue weighted by Crippen LogP contribution is -2.36. The molecule has 3 rings (SSSR count). The van der Waals surface area contributed by atoms with Crippen LogP contribution in [0.3, 0.4) is 0 Å². The number of thiocarbonyl (C=S) groups is 1. The molecule has 0 N–H and O–H groups in total. The van der Waals surface area contributed by atoms with Crippen LogP contribution in [0.4, 0.5) is 0 Å². The van der Waals surface area contributed by atoms with Gasteiger partial charge in [0.2, 0.25) is 5.91 Å². The van der Waals surface area contributed by atoms with Crippen molar-refractivity contribution in [1.29, 1.82) is 0 Å². The van der Waals surface area contributed by atoms with Crippen LogP contribution >= 0.6 is 23.8 Å². The molecule has 3 nitrogen and oxygen atoms in total. The van der Waals surface area contributed by atoms with Gasteiger partial charge >= 0.3 is 0 Å². The molecule has 1 heterocycles. The Kier molecular flexibility index (Phi) is 4.64. The lowest BCUT2D eigenvalue weighted by atomic mass is 9.98. The first-order valence-electron chi connectivity index (χ1n) is 7.38. The van der Waals surface area contributed by atoms with Crippen molar-refractivity contribution < 1.29 is 9.53 Å². The van der Waals surface area contributed by atoms with Gasteiger partial charge in [0.15, 0.2) is 0 Å². The molecule has 0 bridgehead atoms. The number of carbonyl (C=O) groups is 1.